The summed E-state index contributed by atoms with van der Waals surface area (Å²) in [4.78, 5) is 62.3. The monoisotopic (exact) mass is 870 g/mol. The van der Waals surface area contributed by atoms with Crippen molar-refractivity contribution in [1.29, 1.82) is 0 Å². The highest BCUT2D eigenvalue weighted by Crippen LogP contribution is 2.38. The predicted molar refractivity (Wildman–Crippen MR) is 216 cm³/mol. The maximum absolute atomic E-state index is 13.3. The van der Waals surface area contributed by atoms with E-state index >= 15 is 0 Å². The van der Waals surface area contributed by atoms with E-state index in [1.54, 1.807) is 33.8 Å². The molecular formula is C40H56Cl2N4O13. The highest BCUT2D eigenvalue weighted by molar-refractivity contribution is 6.38. The number of alkyl carbamates (subject to hydrolysis) is 1. The van der Waals surface area contributed by atoms with Gasteiger partial charge in [0.1, 0.15) is 42.6 Å². The molecule has 0 spiro atoms. The number of carbonyl (C=O) groups is 5. The molecule has 1 saturated heterocycles. The molecule has 1 fully saturated rings. The number of esters is 1. The van der Waals surface area contributed by atoms with Gasteiger partial charge in [0.05, 0.1) is 23.8 Å². The molecule has 1 heterocycles. The Morgan fingerprint density at radius 1 is 0.932 bits per heavy atom. The molecule has 0 bridgehead atoms. The van der Waals surface area contributed by atoms with Gasteiger partial charge < -0.3 is 60.3 Å². The lowest BCUT2D eigenvalue weighted by atomic mass is 9.96. The first kappa shape index (κ1) is 49.1. The fourth-order valence-corrected chi connectivity index (χ4v) is 6.61. The first-order valence-corrected chi connectivity index (χ1v) is 19.9. The Morgan fingerprint density at radius 2 is 1.61 bits per heavy atom. The van der Waals surface area contributed by atoms with Crippen molar-refractivity contribution in [2.45, 2.75) is 122 Å². The smallest absolute Gasteiger partial charge is 0.408 e. The van der Waals surface area contributed by atoms with Crippen LogP contribution in [0, 0.1) is 6.92 Å². The SMILES string of the molecule is COC(=O)[C@H](CCCCNC(=O)CCCC(=O)NCc1cccc(COc2c(Cl)cc(C(=O)N[C@H]3[C@@H](OC)O[C@H](CO)[C@@H](O)[C@@H]3O)c(C)c2Cl)c1)NC(=O)OC(C)(C)C. The fourth-order valence-electron chi connectivity index (χ4n) is 6.04. The Labute approximate surface area is 353 Å². The van der Waals surface area contributed by atoms with E-state index in [0.29, 0.717) is 37.8 Å². The molecule has 2 aromatic carbocycles. The van der Waals surface area contributed by atoms with Crippen LogP contribution in [0.15, 0.2) is 30.3 Å². The molecule has 1 aliphatic rings. The molecule has 0 aromatic heterocycles. The van der Waals surface area contributed by atoms with E-state index < -0.39 is 66.9 Å². The number of carbonyl (C=O) groups excluding carboxylic acids is 5. The van der Waals surface area contributed by atoms with Gasteiger partial charge in [0.25, 0.3) is 5.91 Å². The number of rotatable bonds is 20. The number of ether oxygens (including phenoxy) is 5. The zero-order chi connectivity index (χ0) is 43.9. The number of aliphatic hydroxyl groups excluding tert-OH is 3. The molecule has 19 heteroatoms. The minimum Gasteiger partial charge on any atom is -0.486 e. The molecule has 328 valence electrons. The topological polar surface area (TPSA) is 240 Å². The van der Waals surface area contributed by atoms with Crippen molar-refractivity contribution in [2.75, 3.05) is 27.4 Å². The number of unbranched alkanes of at least 4 members (excludes halogenated alkanes) is 1. The third kappa shape index (κ3) is 15.4. The highest BCUT2D eigenvalue weighted by Gasteiger charge is 2.45. The summed E-state index contributed by atoms with van der Waals surface area (Å²) in [5.41, 5.74) is 1.25. The third-order valence-corrected chi connectivity index (χ3v) is 9.90. The standard InChI is InChI=1S/C40H56Cl2N4O13/c1-22-25(36(52)46-32-34(51)33(50)28(20-47)58-38(32)56-6)18-26(41)35(31(22)42)57-21-24-12-9-11-23(17-24)19-44-30(49)15-10-14-29(48)43-16-8-7-13-27(37(53)55-5)45-39(54)59-40(2,3)4/h9,11-12,17-18,27-28,32-34,38,47,50-51H,7-8,10,13-16,19-21H2,1-6H3,(H,43,48)(H,44,49)(H,45,54)(H,46,52)/t27-,28+,32+,33+,34+,38-/m0/s1. The summed E-state index contributed by atoms with van der Waals surface area (Å²) in [7, 11) is 2.53. The third-order valence-electron chi connectivity index (χ3n) is 9.17. The maximum Gasteiger partial charge on any atom is 0.408 e. The van der Waals surface area contributed by atoms with Gasteiger partial charge >= 0.3 is 12.1 Å². The number of methoxy groups -OCH3 is 2. The van der Waals surface area contributed by atoms with Crippen molar-refractivity contribution >= 4 is 53.0 Å². The van der Waals surface area contributed by atoms with Gasteiger partial charge in [0.2, 0.25) is 11.8 Å². The van der Waals surface area contributed by atoms with Crippen molar-refractivity contribution in [3.05, 3.63) is 62.6 Å². The first-order chi connectivity index (χ1) is 27.9. The van der Waals surface area contributed by atoms with Gasteiger partial charge in [-0.25, -0.2) is 9.59 Å². The average molecular weight is 872 g/mol. The van der Waals surface area contributed by atoms with E-state index in [1.165, 1.54) is 20.3 Å². The van der Waals surface area contributed by atoms with E-state index in [1.807, 2.05) is 18.2 Å². The summed E-state index contributed by atoms with van der Waals surface area (Å²) < 4.78 is 26.6. The van der Waals surface area contributed by atoms with Crippen LogP contribution >= 0.6 is 23.2 Å². The summed E-state index contributed by atoms with van der Waals surface area (Å²) >= 11 is 13.1. The molecule has 4 amide bonds. The Hall–Kier alpha value is -4.23. The number of hydrogen-bond acceptors (Lipinski definition) is 13. The van der Waals surface area contributed by atoms with Gasteiger partial charge in [-0.05, 0) is 76.1 Å². The van der Waals surface area contributed by atoms with Gasteiger partial charge in [0.15, 0.2) is 12.0 Å². The molecule has 0 unspecified atom stereocenters. The molecule has 0 aliphatic carbocycles. The second-order valence-corrected chi connectivity index (χ2v) is 15.7. The van der Waals surface area contributed by atoms with Gasteiger partial charge in [-0.1, -0.05) is 47.5 Å². The predicted octanol–water partition coefficient (Wildman–Crippen LogP) is 3.20. The van der Waals surface area contributed by atoms with E-state index in [4.69, 9.17) is 46.9 Å². The number of benzene rings is 2. The molecule has 3 rings (SSSR count). The van der Waals surface area contributed by atoms with E-state index in [0.717, 1.165) is 11.1 Å². The highest BCUT2D eigenvalue weighted by atomic mass is 35.5. The Kier molecular flexibility index (Phi) is 19.6. The van der Waals surface area contributed by atoms with Crippen LogP contribution in [-0.4, -0.2) is 115 Å². The Morgan fingerprint density at radius 3 is 2.25 bits per heavy atom. The van der Waals surface area contributed by atoms with Crippen molar-refractivity contribution in [3.8, 4) is 5.75 Å². The van der Waals surface area contributed by atoms with Crippen LogP contribution in [0.5, 0.6) is 5.75 Å². The number of hydrogen-bond donors (Lipinski definition) is 7. The zero-order valence-corrected chi connectivity index (χ0v) is 35.6. The van der Waals surface area contributed by atoms with Gasteiger partial charge in [-0.15, -0.1) is 0 Å². The lowest BCUT2D eigenvalue weighted by Crippen LogP contribution is -2.64. The van der Waals surface area contributed by atoms with E-state index in [9.17, 15) is 39.3 Å². The first-order valence-electron chi connectivity index (χ1n) is 19.1. The van der Waals surface area contributed by atoms with Crippen molar-refractivity contribution < 1.29 is 63.0 Å². The van der Waals surface area contributed by atoms with E-state index in [-0.39, 0.29) is 59.2 Å². The summed E-state index contributed by atoms with van der Waals surface area (Å²) in [6.07, 6.45) is -3.93. The van der Waals surface area contributed by atoms with Crippen LogP contribution in [0.4, 0.5) is 4.79 Å². The van der Waals surface area contributed by atoms with Gasteiger partial charge in [-0.2, -0.15) is 0 Å². The number of nitrogens with one attached hydrogen (secondary N) is 4. The lowest BCUT2D eigenvalue weighted by Gasteiger charge is -2.41. The largest absolute Gasteiger partial charge is 0.486 e. The molecule has 2 aromatic rings. The van der Waals surface area contributed by atoms with Crippen molar-refractivity contribution in [1.82, 2.24) is 21.3 Å². The Balaban J connectivity index is 1.41. The Bertz CT molecular complexity index is 1760. The molecule has 0 saturated carbocycles. The number of amides is 4. The molecular weight excluding hydrogens is 815 g/mol. The van der Waals surface area contributed by atoms with Gasteiger partial charge in [-0.3, -0.25) is 14.4 Å². The number of aliphatic hydroxyl groups is 3. The lowest BCUT2D eigenvalue weighted by molar-refractivity contribution is -0.261. The van der Waals surface area contributed by atoms with Crippen LogP contribution < -0.4 is 26.0 Å². The quantitative estimate of drug-likeness (QED) is 0.0749. The molecule has 6 atom stereocenters. The second kappa shape index (κ2) is 23.5. The number of halogens is 2. The molecule has 17 nitrogen and oxygen atoms in total. The van der Waals surface area contributed by atoms with Crippen LogP contribution in [0.1, 0.15) is 86.3 Å². The van der Waals surface area contributed by atoms with Crippen molar-refractivity contribution in [3.63, 3.8) is 0 Å². The molecule has 59 heavy (non-hydrogen) atoms. The van der Waals surface area contributed by atoms with Gasteiger partial charge in [0, 0.05) is 38.6 Å². The van der Waals surface area contributed by atoms with Crippen LogP contribution in [-0.2, 0) is 46.5 Å². The summed E-state index contributed by atoms with van der Waals surface area (Å²) in [5.74, 6) is -1.55. The van der Waals surface area contributed by atoms with E-state index in [2.05, 4.69) is 21.3 Å². The molecule has 0 radical (unpaired) electrons. The average Bonchev–Trinajstić information content (AvgIpc) is 3.18. The normalized spacial score (nSPS) is 19.5. The van der Waals surface area contributed by atoms with Crippen LogP contribution in [0.25, 0.3) is 0 Å². The van der Waals surface area contributed by atoms with Crippen LogP contribution in [0.2, 0.25) is 10.0 Å². The fraction of sp³-hybridized carbons (Fsp3) is 0.575. The summed E-state index contributed by atoms with van der Waals surface area (Å²) in [6, 6.07) is 6.61. The molecule has 7 N–H and O–H groups in total. The minimum absolute atomic E-state index is 0.0467. The summed E-state index contributed by atoms with van der Waals surface area (Å²) in [6.45, 7) is 6.83. The zero-order valence-electron chi connectivity index (χ0n) is 34.1. The maximum atomic E-state index is 13.3. The second-order valence-electron chi connectivity index (χ2n) is 14.9. The van der Waals surface area contributed by atoms with Crippen molar-refractivity contribution in [2.24, 2.45) is 0 Å². The van der Waals surface area contributed by atoms with Crippen LogP contribution in [0.3, 0.4) is 0 Å². The minimum atomic E-state index is -1.50. The molecule has 1 aliphatic heterocycles. The summed E-state index contributed by atoms with van der Waals surface area (Å²) in [5, 5.41) is 41.2.